The average Bonchev–Trinajstić information content (AvgIpc) is 3.38. The number of halogens is 3. The van der Waals surface area contributed by atoms with Gasteiger partial charge in [-0.25, -0.2) is 4.98 Å². The van der Waals surface area contributed by atoms with Crippen molar-refractivity contribution >= 4 is 28.1 Å². The summed E-state index contributed by atoms with van der Waals surface area (Å²) in [6.45, 7) is 0.128. The molecule has 5 rings (SSSR count). The second-order valence-corrected chi connectivity index (χ2v) is 8.71. The van der Waals surface area contributed by atoms with Crippen LogP contribution in [0.15, 0.2) is 59.7 Å². The molecule has 3 aromatic heterocycles. The summed E-state index contributed by atoms with van der Waals surface area (Å²) in [4.78, 5) is 19.0. The van der Waals surface area contributed by atoms with Gasteiger partial charge in [-0.2, -0.15) is 18.3 Å². The number of fused-ring (bicyclic) bond motifs is 1. The van der Waals surface area contributed by atoms with Crippen molar-refractivity contribution in [2.45, 2.75) is 24.6 Å². The molecule has 0 saturated carbocycles. The first-order valence-corrected chi connectivity index (χ1v) is 11.1. The van der Waals surface area contributed by atoms with Gasteiger partial charge in [-0.1, -0.05) is 6.07 Å². The molecule has 1 aromatic carbocycles. The molecular formula is C24H23F3N6O2. The van der Waals surface area contributed by atoms with Crippen molar-refractivity contribution in [2.75, 3.05) is 23.3 Å². The maximum atomic E-state index is 13.0. The van der Waals surface area contributed by atoms with Crippen LogP contribution in [0, 0.1) is 0 Å². The third kappa shape index (κ3) is 4.23. The molecule has 0 unspecified atom stereocenters. The fraction of sp³-hybridized carbons (Fsp3) is 0.292. The highest BCUT2D eigenvalue weighted by atomic mass is 19.4. The number of pyridine rings is 2. The van der Waals surface area contributed by atoms with Crippen LogP contribution < -0.4 is 15.8 Å². The van der Waals surface area contributed by atoms with Crippen LogP contribution in [0.1, 0.15) is 12.8 Å². The number of piperidine rings is 1. The molecule has 182 valence electrons. The van der Waals surface area contributed by atoms with Gasteiger partial charge in [0, 0.05) is 50.1 Å². The van der Waals surface area contributed by atoms with Gasteiger partial charge in [0.1, 0.15) is 11.5 Å². The molecule has 8 nitrogen and oxygen atoms in total. The van der Waals surface area contributed by atoms with Crippen molar-refractivity contribution in [1.82, 2.24) is 19.7 Å². The summed E-state index contributed by atoms with van der Waals surface area (Å²) in [7, 11) is 1.70. The molecule has 0 bridgehead atoms. The maximum Gasteiger partial charge on any atom is 0.417 e. The monoisotopic (exact) mass is 484 g/mol. The lowest BCUT2D eigenvalue weighted by Gasteiger charge is -2.40. The number of aliphatic hydroxyl groups is 1. The number of rotatable bonds is 4. The summed E-state index contributed by atoms with van der Waals surface area (Å²) in [5.74, 6) is 0.429. The van der Waals surface area contributed by atoms with Gasteiger partial charge in [0.2, 0.25) is 0 Å². The Morgan fingerprint density at radius 1 is 1.11 bits per heavy atom. The lowest BCUT2D eigenvalue weighted by atomic mass is 9.90. The fourth-order valence-corrected chi connectivity index (χ4v) is 4.36. The number of nitrogens with zero attached hydrogens (tertiary/aromatic N) is 4. The molecular weight excluding hydrogens is 461 g/mol. The SMILES string of the molecule is Cn1c(=O)c(Nc2ccc(N3CCC(O)(C(F)(F)F)CC3)cn2)cc2cc(-c3ccn[nH]3)ccc21. The summed E-state index contributed by atoms with van der Waals surface area (Å²) < 4.78 is 40.7. The number of anilines is 3. The number of aromatic nitrogens is 4. The third-order valence-corrected chi connectivity index (χ3v) is 6.53. The number of hydrogen-bond donors (Lipinski definition) is 3. The molecule has 0 spiro atoms. The molecule has 0 aliphatic carbocycles. The normalized spacial score (nSPS) is 16.0. The van der Waals surface area contributed by atoms with Crippen molar-refractivity contribution in [3.8, 4) is 11.3 Å². The highest BCUT2D eigenvalue weighted by molar-refractivity contribution is 5.87. The van der Waals surface area contributed by atoms with Crippen LogP contribution in [0.4, 0.5) is 30.4 Å². The van der Waals surface area contributed by atoms with E-state index in [1.54, 1.807) is 47.1 Å². The van der Waals surface area contributed by atoms with E-state index in [0.717, 1.165) is 22.2 Å². The summed E-state index contributed by atoms with van der Waals surface area (Å²) >= 11 is 0. The molecule has 0 radical (unpaired) electrons. The van der Waals surface area contributed by atoms with Crippen molar-refractivity contribution in [3.63, 3.8) is 0 Å². The first kappa shape index (κ1) is 22.9. The van der Waals surface area contributed by atoms with Crippen LogP contribution in [0.2, 0.25) is 0 Å². The standard InChI is InChI=1S/C24H23F3N6O2/c1-32-20-4-2-15(18-6-9-29-31-18)12-16(20)13-19(22(32)34)30-21-5-3-17(14-28-21)33-10-7-23(35,8-11-33)24(25,26)27/h2-6,9,12-14,35H,7-8,10-11H2,1H3,(H,28,30)(H,29,31). The second-order valence-electron chi connectivity index (χ2n) is 8.71. The third-order valence-electron chi connectivity index (χ3n) is 6.53. The van der Waals surface area contributed by atoms with Crippen LogP contribution >= 0.6 is 0 Å². The van der Waals surface area contributed by atoms with Crippen LogP contribution in [0.5, 0.6) is 0 Å². The minimum atomic E-state index is -4.64. The van der Waals surface area contributed by atoms with Gasteiger partial charge >= 0.3 is 6.18 Å². The van der Waals surface area contributed by atoms with Crippen LogP contribution in [0.3, 0.4) is 0 Å². The Hall–Kier alpha value is -3.86. The highest BCUT2D eigenvalue weighted by Crippen LogP contribution is 2.39. The molecule has 1 aliphatic heterocycles. The lowest BCUT2D eigenvalue weighted by molar-refractivity contribution is -0.266. The van der Waals surface area contributed by atoms with Gasteiger partial charge in [0.05, 0.1) is 23.1 Å². The minimum absolute atomic E-state index is 0.0638. The zero-order chi connectivity index (χ0) is 24.8. The van der Waals surface area contributed by atoms with Crippen molar-refractivity contribution in [2.24, 2.45) is 7.05 Å². The Labute approximate surface area is 198 Å². The number of hydrogen-bond acceptors (Lipinski definition) is 6. The maximum absolute atomic E-state index is 13.0. The molecule has 1 saturated heterocycles. The molecule has 1 aliphatic rings. The lowest BCUT2D eigenvalue weighted by Crippen LogP contribution is -2.53. The largest absolute Gasteiger partial charge is 0.417 e. The number of nitrogens with one attached hydrogen (secondary N) is 2. The molecule has 4 aromatic rings. The van der Waals surface area contributed by atoms with E-state index in [0.29, 0.717) is 17.2 Å². The van der Waals surface area contributed by atoms with Gasteiger partial charge in [-0.3, -0.25) is 9.89 Å². The number of aromatic amines is 1. The van der Waals surface area contributed by atoms with Crippen LogP contribution in [-0.2, 0) is 7.05 Å². The van der Waals surface area contributed by atoms with E-state index in [9.17, 15) is 23.1 Å². The van der Waals surface area contributed by atoms with E-state index >= 15 is 0 Å². The summed E-state index contributed by atoms with van der Waals surface area (Å²) in [6, 6.07) is 12.8. The fourth-order valence-electron chi connectivity index (χ4n) is 4.36. The van der Waals surface area contributed by atoms with Gasteiger partial charge in [0.25, 0.3) is 5.56 Å². The van der Waals surface area contributed by atoms with Crippen molar-refractivity contribution in [3.05, 3.63) is 65.2 Å². The van der Waals surface area contributed by atoms with Crippen LogP contribution in [0.25, 0.3) is 22.2 Å². The van der Waals surface area contributed by atoms with Gasteiger partial charge in [0.15, 0.2) is 5.60 Å². The molecule has 35 heavy (non-hydrogen) atoms. The smallest absolute Gasteiger partial charge is 0.380 e. The Morgan fingerprint density at radius 2 is 1.89 bits per heavy atom. The van der Waals surface area contributed by atoms with Gasteiger partial charge in [-0.15, -0.1) is 0 Å². The van der Waals surface area contributed by atoms with E-state index < -0.39 is 24.6 Å². The van der Waals surface area contributed by atoms with Gasteiger partial charge in [-0.05, 0) is 36.4 Å². The molecule has 1 fully saturated rings. The number of H-pyrrole nitrogens is 1. The molecule has 4 heterocycles. The summed E-state index contributed by atoms with van der Waals surface area (Å²) in [5, 5.41) is 20.7. The van der Waals surface area contributed by atoms with Gasteiger partial charge < -0.3 is 19.9 Å². The summed E-state index contributed by atoms with van der Waals surface area (Å²) in [6.07, 6.45) is -2.23. The van der Waals surface area contributed by atoms with E-state index in [2.05, 4.69) is 20.5 Å². The topological polar surface area (TPSA) is 99.1 Å². The molecule has 0 amide bonds. The predicted octanol–water partition coefficient (Wildman–Crippen LogP) is 3.96. The van der Waals surface area contributed by atoms with E-state index in [-0.39, 0.29) is 18.6 Å². The zero-order valence-corrected chi connectivity index (χ0v) is 18.8. The first-order chi connectivity index (χ1) is 16.6. The zero-order valence-electron chi connectivity index (χ0n) is 18.8. The van der Waals surface area contributed by atoms with Crippen molar-refractivity contribution in [1.29, 1.82) is 0 Å². The van der Waals surface area contributed by atoms with E-state index in [1.165, 1.54) is 0 Å². The molecule has 0 atom stereocenters. The van der Waals surface area contributed by atoms with E-state index in [4.69, 9.17) is 0 Å². The molecule has 11 heteroatoms. The average molecular weight is 484 g/mol. The van der Waals surface area contributed by atoms with E-state index in [1.807, 2.05) is 24.3 Å². The number of benzene rings is 1. The Bertz CT molecular complexity index is 1410. The van der Waals surface area contributed by atoms with Crippen molar-refractivity contribution < 1.29 is 18.3 Å². The quantitative estimate of drug-likeness (QED) is 0.406. The number of alkyl halides is 3. The second kappa shape index (κ2) is 8.42. The number of aryl methyl sites for hydroxylation is 1. The first-order valence-electron chi connectivity index (χ1n) is 11.1. The molecule has 3 N–H and O–H groups in total. The van der Waals surface area contributed by atoms with Crippen LogP contribution in [-0.4, -0.2) is 49.7 Å². The Kier molecular flexibility index (Phi) is 5.51. The summed E-state index contributed by atoms with van der Waals surface area (Å²) in [5.41, 5.74) is 0.688. The highest BCUT2D eigenvalue weighted by Gasteiger charge is 2.54. The predicted molar refractivity (Wildman–Crippen MR) is 127 cm³/mol. The Balaban J connectivity index is 1.36. The minimum Gasteiger partial charge on any atom is -0.380 e. The Morgan fingerprint density at radius 3 is 2.51 bits per heavy atom.